The van der Waals surface area contributed by atoms with Gasteiger partial charge < -0.3 is 14.8 Å². The molecule has 0 saturated carbocycles. The van der Waals surface area contributed by atoms with Crippen LogP contribution in [0.5, 0.6) is 17.4 Å². The third-order valence-corrected chi connectivity index (χ3v) is 7.68. The smallest absolute Gasteiger partial charge is 0.217 e. The Kier molecular flexibility index (Phi) is 5.58. The number of phenols is 1. The maximum Gasteiger partial charge on any atom is 0.217 e. The van der Waals surface area contributed by atoms with Crippen molar-refractivity contribution in [3.8, 4) is 17.4 Å². The van der Waals surface area contributed by atoms with E-state index in [0.29, 0.717) is 22.4 Å². The molecule has 2 heterocycles. The molecule has 0 bridgehead atoms. The van der Waals surface area contributed by atoms with E-state index < -0.39 is 0 Å². The Labute approximate surface area is 211 Å². The van der Waals surface area contributed by atoms with Gasteiger partial charge in [-0.1, -0.05) is 56.3 Å². The quantitative estimate of drug-likeness (QED) is 0.265. The third-order valence-electron chi connectivity index (χ3n) is 6.37. The number of rotatable bonds is 3. The number of fused-ring (bicyclic) bond motifs is 4. The fourth-order valence-electron chi connectivity index (χ4n) is 4.72. The zero-order valence-electron chi connectivity index (χ0n) is 18.1. The minimum absolute atomic E-state index is 0. The summed E-state index contributed by atoms with van der Waals surface area (Å²) in [4.78, 5) is 9.59. The van der Waals surface area contributed by atoms with Crippen LogP contribution in [0, 0.1) is 6.07 Å². The second kappa shape index (κ2) is 8.30. The van der Waals surface area contributed by atoms with Gasteiger partial charge in [-0.15, -0.1) is 35.5 Å². The topological polar surface area (TPSA) is 54.7 Å². The predicted octanol–water partition coefficient (Wildman–Crippen LogP) is 6.42. The number of aromatic nitrogens is 1. The molecule has 0 radical (unpaired) electrons. The van der Waals surface area contributed by atoms with E-state index in [0.717, 1.165) is 16.0 Å². The summed E-state index contributed by atoms with van der Waals surface area (Å²) in [6.45, 7) is 4.57. The number of aromatic hydroxyl groups is 1. The van der Waals surface area contributed by atoms with E-state index in [4.69, 9.17) is 9.73 Å². The van der Waals surface area contributed by atoms with Gasteiger partial charge in [0.25, 0.3) is 0 Å². The number of ether oxygens (including phenoxy) is 1. The van der Waals surface area contributed by atoms with Gasteiger partial charge in [-0.25, -0.2) is 4.98 Å². The first kappa shape index (κ1) is 22.2. The maximum absolute atomic E-state index is 10.1. The Morgan fingerprint density at radius 3 is 2.67 bits per heavy atom. The number of hydrogen-bond donors (Lipinski definition) is 1. The monoisotopic (exact) mass is 632 g/mol. The first-order chi connectivity index (χ1) is 15.5. The summed E-state index contributed by atoms with van der Waals surface area (Å²) in [7, 11) is 0. The van der Waals surface area contributed by atoms with E-state index in [2.05, 4.69) is 49.2 Å². The van der Waals surface area contributed by atoms with Gasteiger partial charge in [0.15, 0.2) is 0 Å². The number of nitrogens with zero attached hydrogens (tertiary/aromatic N) is 2. The van der Waals surface area contributed by atoms with Crippen molar-refractivity contribution in [2.24, 2.45) is 4.99 Å². The molecule has 1 aromatic heterocycles. The zero-order valence-corrected chi connectivity index (χ0v) is 21.1. The van der Waals surface area contributed by atoms with Crippen LogP contribution in [0.2, 0.25) is 0 Å². The maximum atomic E-state index is 10.1. The molecule has 1 aliphatic heterocycles. The number of phenolic OH excluding ortho intramolecular Hbond substituents is 1. The summed E-state index contributed by atoms with van der Waals surface area (Å²) in [6.07, 6.45) is 0. The zero-order chi connectivity index (χ0) is 21.9. The third kappa shape index (κ3) is 3.68. The predicted molar refractivity (Wildman–Crippen MR) is 129 cm³/mol. The normalized spacial score (nSPS) is 20.0. The van der Waals surface area contributed by atoms with Crippen molar-refractivity contribution >= 4 is 27.7 Å². The van der Waals surface area contributed by atoms with Crippen molar-refractivity contribution in [3.05, 3.63) is 95.6 Å². The Morgan fingerprint density at radius 1 is 0.970 bits per heavy atom. The number of hydrogen-bond acceptors (Lipinski definition) is 5. The van der Waals surface area contributed by atoms with Crippen LogP contribution in [-0.2, 0) is 26.5 Å². The van der Waals surface area contributed by atoms with Crippen LogP contribution < -0.4 is 4.74 Å². The molecule has 2 aliphatic rings. The number of para-hydroxylation sites is 1. The Morgan fingerprint density at radius 2 is 1.79 bits per heavy atom. The molecule has 3 aromatic carbocycles. The number of benzene rings is 3. The van der Waals surface area contributed by atoms with Crippen LogP contribution in [0.1, 0.15) is 35.8 Å². The molecule has 0 spiro atoms. The van der Waals surface area contributed by atoms with E-state index in [1.54, 1.807) is 18.2 Å². The molecule has 0 unspecified atom stereocenters. The van der Waals surface area contributed by atoms with Crippen molar-refractivity contribution in [1.82, 2.24) is 4.98 Å². The van der Waals surface area contributed by atoms with Crippen LogP contribution in [0.15, 0.2) is 77.8 Å². The van der Waals surface area contributed by atoms with Crippen molar-refractivity contribution in [3.63, 3.8) is 0 Å². The van der Waals surface area contributed by atoms with Gasteiger partial charge in [-0.05, 0) is 23.3 Å². The standard InChI is InChI=1S/C27H21N2O2S.Pt/c1-27(2)20-11-4-3-10-19(20)24-25(27)29-26(32-24)17-8-5-9-18(15-17)31-22-14-13-16-7-6-12-21(30)23(16)28-22;/h3-14,24-25,30H,1-2H3;/q-1;/t24-,25-;/m1./s1. The van der Waals surface area contributed by atoms with Crippen LogP contribution >= 0.6 is 11.8 Å². The van der Waals surface area contributed by atoms with Crippen LogP contribution in [0.3, 0.4) is 0 Å². The van der Waals surface area contributed by atoms with Gasteiger partial charge in [0.2, 0.25) is 5.88 Å². The van der Waals surface area contributed by atoms with E-state index in [9.17, 15) is 5.11 Å². The molecule has 0 fully saturated rings. The second-order valence-electron chi connectivity index (χ2n) is 8.76. The number of thioether (sulfide) groups is 1. The molecule has 6 heteroatoms. The molecule has 0 saturated heterocycles. The van der Waals surface area contributed by atoms with Crippen molar-refractivity contribution < 1.29 is 30.9 Å². The summed E-state index contributed by atoms with van der Waals surface area (Å²) >= 11 is 1.81. The molecular formula is C27H21N2O2PtS-. The number of aliphatic imine (C=N–C) groups is 1. The van der Waals surface area contributed by atoms with E-state index >= 15 is 0 Å². The van der Waals surface area contributed by atoms with Crippen molar-refractivity contribution in [2.75, 3.05) is 0 Å². The second-order valence-corrected chi connectivity index (χ2v) is 9.89. The van der Waals surface area contributed by atoms with E-state index in [-0.39, 0.29) is 38.3 Å². The van der Waals surface area contributed by atoms with Gasteiger partial charge in [0, 0.05) is 54.0 Å². The fourth-order valence-corrected chi connectivity index (χ4v) is 6.25. The van der Waals surface area contributed by atoms with E-state index in [1.165, 1.54) is 11.1 Å². The Bertz CT molecular complexity index is 1400. The number of pyridine rings is 1. The molecule has 4 nitrogen and oxygen atoms in total. The molecule has 168 valence electrons. The van der Waals surface area contributed by atoms with Crippen molar-refractivity contribution in [2.45, 2.75) is 30.6 Å². The van der Waals surface area contributed by atoms with Crippen LogP contribution in [0.4, 0.5) is 0 Å². The summed E-state index contributed by atoms with van der Waals surface area (Å²) in [5, 5.41) is 12.3. The first-order valence-corrected chi connectivity index (χ1v) is 11.5. The summed E-state index contributed by atoms with van der Waals surface area (Å²) in [5.41, 5.74) is 4.24. The Balaban J connectivity index is 0.00000228. The molecule has 1 N–H and O–H groups in total. The van der Waals surface area contributed by atoms with Crippen LogP contribution in [0.25, 0.3) is 10.9 Å². The van der Waals surface area contributed by atoms with E-state index in [1.807, 2.05) is 42.1 Å². The summed E-state index contributed by atoms with van der Waals surface area (Å²) in [6, 6.07) is 27.1. The van der Waals surface area contributed by atoms with Crippen LogP contribution in [-0.4, -0.2) is 21.2 Å². The summed E-state index contributed by atoms with van der Waals surface area (Å²) in [5.74, 6) is 1.13. The molecule has 33 heavy (non-hydrogen) atoms. The minimum Gasteiger partial charge on any atom is -0.506 e. The van der Waals surface area contributed by atoms with Gasteiger partial charge in [0.05, 0.1) is 6.04 Å². The molecule has 6 rings (SSSR count). The largest absolute Gasteiger partial charge is 0.506 e. The van der Waals surface area contributed by atoms with Gasteiger partial charge in [-0.2, -0.15) is 0 Å². The molecular weight excluding hydrogens is 611 g/mol. The van der Waals surface area contributed by atoms with Gasteiger partial charge in [0.1, 0.15) is 11.3 Å². The SMILES string of the molecule is CC1(C)c2ccccc2[C@H]2SC(c3[c-]c(Oc4ccc5cccc(O)c5n4)ccc3)=N[C@H]21.[Pt]. The summed E-state index contributed by atoms with van der Waals surface area (Å²) < 4.78 is 5.99. The molecule has 0 amide bonds. The average Bonchev–Trinajstić information content (AvgIpc) is 3.34. The van der Waals surface area contributed by atoms with Gasteiger partial charge >= 0.3 is 0 Å². The first-order valence-electron chi connectivity index (χ1n) is 10.6. The fraction of sp³-hybridized carbons (Fsp3) is 0.185. The van der Waals surface area contributed by atoms with Gasteiger partial charge in [-0.3, -0.25) is 0 Å². The molecule has 2 atom stereocenters. The molecule has 4 aromatic rings. The van der Waals surface area contributed by atoms with Crippen molar-refractivity contribution in [1.29, 1.82) is 0 Å². The molecule has 1 aliphatic carbocycles. The average molecular weight is 633 g/mol. The minimum atomic E-state index is 0. The Hall–Kier alpha value is -2.62.